The van der Waals surface area contributed by atoms with Crippen molar-refractivity contribution in [2.75, 3.05) is 6.26 Å². The third-order valence-electron chi connectivity index (χ3n) is 2.86. The van der Waals surface area contributed by atoms with Gasteiger partial charge >= 0.3 is 0 Å². The lowest BCUT2D eigenvalue weighted by Gasteiger charge is -2.09. The summed E-state index contributed by atoms with van der Waals surface area (Å²) in [5, 5.41) is 1.57. The van der Waals surface area contributed by atoms with Gasteiger partial charge in [-0.15, -0.1) is 0 Å². The van der Waals surface area contributed by atoms with E-state index in [9.17, 15) is 8.42 Å². The second-order valence-electron chi connectivity index (χ2n) is 4.86. The number of rotatable bonds is 3. The zero-order chi connectivity index (χ0) is 13.5. The van der Waals surface area contributed by atoms with Crippen LogP contribution in [0, 0.1) is 0 Å². The van der Waals surface area contributed by atoms with Crippen LogP contribution in [0.1, 0.15) is 25.5 Å². The number of para-hydroxylation sites is 1. The van der Waals surface area contributed by atoms with Gasteiger partial charge < -0.3 is 4.57 Å². The van der Waals surface area contributed by atoms with Gasteiger partial charge in [0.2, 0.25) is 0 Å². The van der Waals surface area contributed by atoms with Crippen LogP contribution in [0.5, 0.6) is 0 Å². The summed E-state index contributed by atoms with van der Waals surface area (Å²) in [5.41, 5.74) is 1.72. The van der Waals surface area contributed by atoms with Crippen molar-refractivity contribution in [3.05, 3.63) is 35.0 Å². The van der Waals surface area contributed by atoms with Gasteiger partial charge in [-0.05, 0) is 25.5 Å². The lowest BCUT2D eigenvalue weighted by molar-refractivity contribution is 0.600. The van der Waals surface area contributed by atoms with Crippen LogP contribution in [0.15, 0.2) is 24.4 Å². The molecule has 2 aromatic rings. The van der Waals surface area contributed by atoms with Crippen LogP contribution in [-0.4, -0.2) is 19.2 Å². The Morgan fingerprint density at radius 3 is 2.56 bits per heavy atom. The maximum Gasteiger partial charge on any atom is 0.151 e. The summed E-state index contributed by atoms with van der Waals surface area (Å²) in [7, 11) is -3.05. The molecule has 0 fully saturated rings. The molecule has 0 bridgehead atoms. The second-order valence-corrected chi connectivity index (χ2v) is 7.41. The van der Waals surface area contributed by atoms with Gasteiger partial charge in [0.15, 0.2) is 9.84 Å². The van der Waals surface area contributed by atoms with Gasteiger partial charge in [0, 0.05) is 23.9 Å². The summed E-state index contributed by atoms with van der Waals surface area (Å²) in [4.78, 5) is 0. The Labute approximate surface area is 112 Å². The van der Waals surface area contributed by atoms with Crippen LogP contribution < -0.4 is 0 Å². The highest BCUT2D eigenvalue weighted by atomic mass is 35.5. The average molecular weight is 286 g/mol. The van der Waals surface area contributed by atoms with Crippen LogP contribution in [0.3, 0.4) is 0 Å². The zero-order valence-electron chi connectivity index (χ0n) is 10.6. The van der Waals surface area contributed by atoms with E-state index in [4.69, 9.17) is 11.6 Å². The highest BCUT2D eigenvalue weighted by Gasteiger charge is 2.16. The summed E-state index contributed by atoms with van der Waals surface area (Å²) in [6, 6.07) is 5.83. The van der Waals surface area contributed by atoms with Crippen molar-refractivity contribution in [2.24, 2.45) is 0 Å². The summed E-state index contributed by atoms with van der Waals surface area (Å²) in [6.45, 7) is 4.10. The lowest BCUT2D eigenvalue weighted by atomic mass is 10.2. The molecule has 18 heavy (non-hydrogen) atoms. The molecule has 0 saturated carbocycles. The molecular formula is C13H16ClNO2S. The number of fused-ring (bicyclic) bond motifs is 1. The van der Waals surface area contributed by atoms with E-state index in [1.807, 2.05) is 42.8 Å². The highest BCUT2D eigenvalue weighted by Crippen LogP contribution is 2.31. The zero-order valence-corrected chi connectivity index (χ0v) is 12.2. The van der Waals surface area contributed by atoms with Crippen molar-refractivity contribution in [1.29, 1.82) is 0 Å². The number of aromatic nitrogens is 1. The molecule has 0 amide bonds. The van der Waals surface area contributed by atoms with Crippen LogP contribution in [0.25, 0.3) is 10.9 Å². The first-order chi connectivity index (χ1) is 8.29. The monoisotopic (exact) mass is 285 g/mol. The van der Waals surface area contributed by atoms with Gasteiger partial charge in [-0.1, -0.05) is 23.7 Å². The summed E-state index contributed by atoms with van der Waals surface area (Å²) >= 11 is 6.22. The first-order valence-corrected chi connectivity index (χ1v) is 8.19. The Hall–Kier alpha value is -1.00. The molecule has 2 rings (SSSR count). The normalized spacial score (nSPS) is 12.5. The summed E-state index contributed by atoms with van der Waals surface area (Å²) < 4.78 is 25.0. The third-order valence-corrected chi connectivity index (χ3v) is 4.00. The van der Waals surface area contributed by atoms with E-state index in [0.717, 1.165) is 16.5 Å². The molecule has 0 radical (unpaired) electrons. The predicted octanol–water partition coefficient (Wildman–Crippen LogP) is 3.42. The van der Waals surface area contributed by atoms with E-state index in [0.29, 0.717) is 5.02 Å². The maximum absolute atomic E-state index is 11.5. The Morgan fingerprint density at radius 1 is 1.33 bits per heavy atom. The number of hydrogen-bond acceptors (Lipinski definition) is 2. The van der Waals surface area contributed by atoms with E-state index in [1.165, 1.54) is 6.26 Å². The molecule has 3 nitrogen and oxygen atoms in total. The first kappa shape index (κ1) is 13.4. The highest BCUT2D eigenvalue weighted by molar-refractivity contribution is 7.89. The molecule has 0 saturated heterocycles. The van der Waals surface area contributed by atoms with Crippen molar-refractivity contribution in [3.63, 3.8) is 0 Å². The molecule has 98 valence electrons. The van der Waals surface area contributed by atoms with Gasteiger partial charge in [-0.2, -0.15) is 0 Å². The largest absolute Gasteiger partial charge is 0.343 e. The average Bonchev–Trinajstić information content (AvgIpc) is 2.56. The second kappa shape index (κ2) is 4.59. The van der Waals surface area contributed by atoms with Crippen LogP contribution in [0.2, 0.25) is 5.02 Å². The number of halogens is 1. The van der Waals surface area contributed by atoms with Crippen LogP contribution in [-0.2, 0) is 15.6 Å². The van der Waals surface area contributed by atoms with E-state index < -0.39 is 9.84 Å². The number of sulfone groups is 1. The van der Waals surface area contributed by atoms with Crippen LogP contribution in [0.4, 0.5) is 0 Å². The predicted molar refractivity (Wildman–Crippen MR) is 75.9 cm³/mol. The van der Waals surface area contributed by atoms with Gasteiger partial charge in [-0.25, -0.2) is 8.42 Å². The number of hydrogen-bond donors (Lipinski definition) is 0. The van der Waals surface area contributed by atoms with E-state index in [1.54, 1.807) is 0 Å². The maximum atomic E-state index is 11.5. The molecule has 5 heteroatoms. The Kier molecular flexibility index (Phi) is 3.43. The SMILES string of the molecule is CC(C)n1cc(CS(C)(=O)=O)c2cccc(Cl)c21. The number of benzene rings is 1. The van der Waals surface area contributed by atoms with Gasteiger partial charge in [0.1, 0.15) is 0 Å². The quantitative estimate of drug-likeness (QED) is 0.867. The molecule has 1 aromatic carbocycles. The molecule has 0 aliphatic rings. The van der Waals surface area contributed by atoms with E-state index >= 15 is 0 Å². The fourth-order valence-electron chi connectivity index (χ4n) is 2.14. The molecule has 0 N–H and O–H groups in total. The van der Waals surface area contributed by atoms with Crippen molar-refractivity contribution in [3.8, 4) is 0 Å². The van der Waals surface area contributed by atoms with E-state index in [-0.39, 0.29) is 11.8 Å². The van der Waals surface area contributed by atoms with Gasteiger partial charge in [-0.3, -0.25) is 0 Å². The molecule has 0 aliphatic heterocycles. The standard InChI is InChI=1S/C13H16ClNO2S/c1-9(2)15-7-10(8-18(3,16)17)11-5-4-6-12(14)13(11)15/h4-7,9H,8H2,1-3H3. The Balaban J connectivity index is 2.73. The smallest absolute Gasteiger partial charge is 0.151 e. The third kappa shape index (κ3) is 2.54. The summed E-state index contributed by atoms with van der Waals surface area (Å²) in [6.07, 6.45) is 3.14. The first-order valence-electron chi connectivity index (χ1n) is 5.75. The Morgan fingerprint density at radius 2 is 2.00 bits per heavy atom. The minimum Gasteiger partial charge on any atom is -0.343 e. The van der Waals surface area contributed by atoms with Gasteiger partial charge in [0.05, 0.1) is 16.3 Å². The molecule has 1 heterocycles. The fourth-order valence-corrected chi connectivity index (χ4v) is 3.21. The topological polar surface area (TPSA) is 39.1 Å². The van der Waals surface area contributed by atoms with Gasteiger partial charge in [0.25, 0.3) is 0 Å². The van der Waals surface area contributed by atoms with Crippen molar-refractivity contribution < 1.29 is 8.42 Å². The molecule has 0 atom stereocenters. The minimum atomic E-state index is -3.05. The minimum absolute atomic E-state index is 0.0452. The lowest BCUT2D eigenvalue weighted by Crippen LogP contribution is -2.01. The molecule has 0 spiro atoms. The summed E-state index contributed by atoms with van der Waals surface area (Å²) in [5.74, 6) is 0.0452. The molecule has 0 aliphatic carbocycles. The fraction of sp³-hybridized carbons (Fsp3) is 0.385. The molecule has 1 aromatic heterocycles. The van der Waals surface area contributed by atoms with Crippen molar-refractivity contribution >= 4 is 32.3 Å². The van der Waals surface area contributed by atoms with Crippen molar-refractivity contribution in [2.45, 2.75) is 25.6 Å². The number of nitrogens with zero attached hydrogens (tertiary/aromatic N) is 1. The molecular weight excluding hydrogens is 270 g/mol. The Bertz CT molecular complexity index is 686. The van der Waals surface area contributed by atoms with Crippen LogP contribution >= 0.6 is 11.6 Å². The molecule has 0 unspecified atom stereocenters. The van der Waals surface area contributed by atoms with E-state index in [2.05, 4.69) is 0 Å². The van der Waals surface area contributed by atoms with Crippen molar-refractivity contribution in [1.82, 2.24) is 4.57 Å².